The summed E-state index contributed by atoms with van der Waals surface area (Å²) in [6.45, 7) is 3.08. The van der Waals surface area contributed by atoms with Gasteiger partial charge in [-0.15, -0.1) is 0 Å². The van der Waals surface area contributed by atoms with E-state index in [2.05, 4.69) is 60.0 Å². The number of rotatable bonds is 8. The summed E-state index contributed by atoms with van der Waals surface area (Å²) in [6.07, 6.45) is 5.29. The van der Waals surface area contributed by atoms with Gasteiger partial charge in [0.15, 0.2) is 0 Å². The molecule has 1 aliphatic rings. The normalized spacial score (nSPS) is 17.4. The standard InChI is InChI=1S/C22H30N2O/c1-17(23-16-19-12-6-9-15-21(19)25-2)22(18-10-4-3-5-11-18)24-20-13-7-8-14-20/h3-6,9-12,15,17,20,22-24H,7-8,13-14,16H2,1-2H3. The maximum atomic E-state index is 5.47. The first kappa shape index (κ1) is 18.0. The summed E-state index contributed by atoms with van der Waals surface area (Å²) >= 11 is 0. The van der Waals surface area contributed by atoms with Gasteiger partial charge in [0, 0.05) is 30.2 Å². The molecule has 3 nitrogen and oxygen atoms in total. The summed E-state index contributed by atoms with van der Waals surface area (Å²) in [4.78, 5) is 0. The van der Waals surface area contributed by atoms with E-state index in [1.54, 1.807) is 7.11 Å². The molecule has 0 heterocycles. The Morgan fingerprint density at radius 1 is 1.00 bits per heavy atom. The SMILES string of the molecule is COc1ccccc1CNC(C)C(NC1CCCC1)c1ccccc1. The van der Waals surface area contributed by atoms with Crippen molar-refractivity contribution in [2.75, 3.05) is 7.11 Å². The van der Waals surface area contributed by atoms with Crippen LogP contribution in [0.25, 0.3) is 0 Å². The summed E-state index contributed by atoms with van der Waals surface area (Å²) in [5.41, 5.74) is 2.55. The Morgan fingerprint density at radius 3 is 2.40 bits per heavy atom. The van der Waals surface area contributed by atoms with E-state index in [9.17, 15) is 0 Å². The molecule has 1 saturated carbocycles. The maximum Gasteiger partial charge on any atom is 0.123 e. The van der Waals surface area contributed by atoms with Crippen LogP contribution in [0.3, 0.4) is 0 Å². The van der Waals surface area contributed by atoms with Crippen molar-refractivity contribution >= 4 is 0 Å². The van der Waals surface area contributed by atoms with Gasteiger partial charge >= 0.3 is 0 Å². The predicted molar refractivity (Wildman–Crippen MR) is 104 cm³/mol. The topological polar surface area (TPSA) is 33.3 Å². The first-order chi connectivity index (χ1) is 12.3. The fourth-order valence-corrected chi connectivity index (χ4v) is 3.77. The van der Waals surface area contributed by atoms with Crippen LogP contribution in [0.5, 0.6) is 5.75 Å². The number of hydrogen-bond donors (Lipinski definition) is 2. The van der Waals surface area contributed by atoms with Crippen LogP contribution >= 0.6 is 0 Å². The molecule has 3 rings (SSSR count). The van der Waals surface area contributed by atoms with Crippen LogP contribution in [-0.4, -0.2) is 19.2 Å². The minimum Gasteiger partial charge on any atom is -0.496 e. The predicted octanol–water partition coefficient (Wildman–Crippen LogP) is 4.45. The minimum absolute atomic E-state index is 0.319. The fourth-order valence-electron chi connectivity index (χ4n) is 3.77. The number of benzene rings is 2. The van der Waals surface area contributed by atoms with E-state index in [-0.39, 0.29) is 0 Å². The smallest absolute Gasteiger partial charge is 0.123 e. The van der Waals surface area contributed by atoms with Gasteiger partial charge in [0.1, 0.15) is 5.75 Å². The zero-order chi connectivity index (χ0) is 17.5. The summed E-state index contributed by atoms with van der Waals surface area (Å²) in [5.74, 6) is 0.946. The van der Waals surface area contributed by atoms with E-state index in [1.807, 2.05) is 12.1 Å². The lowest BCUT2D eigenvalue weighted by atomic mass is 9.98. The van der Waals surface area contributed by atoms with Crippen molar-refractivity contribution in [3.63, 3.8) is 0 Å². The summed E-state index contributed by atoms with van der Waals surface area (Å²) in [6, 6.07) is 20.3. The monoisotopic (exact) mass is 338 g/mol. The van der Waals surface area contributed by atoms with Crippen LogP contribution in [0.1, 0.15) is 49.8 Å². The first-order valence-electron chi connectivity index (χ1n) is 9.44. The van der Waals surface area contributed by atoms with Gasteiger partial charge in [-0.3, -0.25) is 0 Å². The van der Waals surface area contributed by atoms with Crippen LogP contribution in [0.15, 0.2) is 54.6 Å². The molecule has 0 spiro atoms. The molecule has 2 atom stereocenters. The fraction of sp³-hybridized carbons (Fsp3) is 0.455. The number of para-hydroxylation sites is 1. The molecule has 2 aromatic carbocycles. The van der Waals surface area contributed by atoms with Crippen molar-refractivity contribution in [3.8, 4) is 5.75 Å². The van der Waals surface area contributed by atoms with E-state index in [0.29, 0.717) is 18.1 Å². The molecule has 0 aromatic heterocycles. The summed E-state index contributed by atoms with van der Waals surface area (Å²) in [7, 11) is 1.73. The summed E-state index contributed by atoms with van der Waals surface area (Å²) < 4.78 is 5.47. The first-order valence-corrected chi connectivity index (χ1v) is 9.44. The molecule has 0 radical (unpaired) electrons. The van der Waals surface area contributed by atoms with Crippen LogP contribution < -0.4 is 15.4 Å². The van der Waals surface area contributed by atoms with Gasteiger partial charge in [-0.2, -0.15) is 0 Å². The van der Waals surface area contributed by atoms with Gasteiger partial charge in [-0.05, 0) is 31.4 Å². The van der Waals surface area contributed by atoms with Crippen LogP contribution in [0.4, 0.5) is 0 Å². The summed E-state index contributed by atoms with van der Waals surface area (Å²) in [5, 5.41) is 7.61. The molecule has 1 aliphatic carbocycles. The highest BCUT2D eigenvalue weighted by Crippen LogP contribution is 2.25. The third kappa shape index (κ3) is 4.83. The zero-order valence-electron chi connectivity index (χ0n) is 15.4. The Bertz CT molecular complexity index is 637. The number of methoxy groups -OCH3 is 1. The number of nitrogens with one attached hydrogen (secondary N) is 2. The second-order valence-electron chi connectivity index (χ2n) is 7.02. The highest BCUT2D eigenvalue weighted by Gasteiger charge is 2.24. The molecule has 1 fully saturated rings. The molecule has 0 aliphatic heterocycles. The highest BCUT2D eigenvalue weighted by atomic mass is 16.5. The van der Waals surface area contributed by atoms with E-state index in [0.717, 1.165) is 12.3 Å². The lowest BCUT2D eigenvalue weighted by Gasteiger charge is -2.30. The lowest BCUT2D eigenvalue weighted by molar-refractivity contribution is 0.350. The second-order valence-corrected chi connectivity index (χ2v) is 7.02. The quantitative estimate of drug-likeness (QED) is 0.746. The van der Waals surface area contributed by atoms with Crippen molar-refractivity contribution in [1.82, 2.24) is 10.6 Å². The molecule has 0 bridgehead atoms. The Kier molecular flexibility index (Phi) is 6.48. The molecule has 134 valence electrons. The van der Waals surface area contributed by atoms with Gasteiger partial charge in [-0.25, -0.2) is 0 Å². The van der Waals surface area contributed by atoms with Gasteiger partial charge in [0.25, 0.3) is 0 Å². The van der Waals surface area contributed by atoms with E-state index < -0.39 is 0 Å². The molecular weight excluding hydrogens is 308 g/mol. The van der Waals surface area contributed by atoms with Crippen molar-refractivity contribution in [2.24, 2.45) is 0 Å². The number of ether oxygens (including phenoxy) is 1. The van der Waals surface area contributed by atoms with E-state index in [1.165, 1.54) is 36.8 Å². The van der Waals surface area contributed by atoms with Crippen LogP contribution in [0, 0.1) is 0 Å². The highest BCUT2D eigenvalue weighted by molar-refractivity contribution is 5.33. The molecule has 25 heavy (non-hydrogen) atoms. The second kappa shape index (κ2) is 9.02. The van der Waals surface area contributed by atoms with Crippen molar-refractivity contribution in [3.05, 3.63) is 65.7 Å². The van der Waals surface area contributed by atoms with Gasteiger partial charge < -0.3 is 15.4 Å². The van der Waals surface area contributed by atoms with Gasteiger partial charge in [0.05, 0.1) is 7.11 Å². The molecule has 0 amide bonds. The van der Waals surface area contributed by atoms with Crippen molar-refractivity contribution in [2.45, 2.75) is 57.3 Å². The average Bonchev–Trinajstić information content (AvgIpc) is 3.18. The zero-order valence-corrected chi connectivity index (χ0v) is 15.4. The van der Waals surface area contributed by atoms with E-state index in [4.69, 9.17) is 4.74 Å². The Balaban J connectivity index is 1.68. The van der Waals surface area contributed by atoms with Crippen LogP contribution in [-0.2, 0) is 6.54 Å². The largest absolute Gasteiger partial charge is 0.496 e. The molecule has 3 heteroatoms. The van der Waals surface area contributed by atoms with Crippen LogP contribution in [0.2, 0.25) is 0 Å². The maximum absolute atomic E-state index is 5.47. The van der Waals surface area contributed by atoms with E-state index >= 15 is 0 Å². The lowest BCUT2D eigenvalue weighted by Crippen LogP contribution is -2.43. The Labute approximate surface area is 151 Å². The van der Waals surface area contributed by atoms with Gasteiger partial charge in [-0.1, -0.05) is 61.4 Å². The number of hydrogen-bond acceptors (Lipinski definition) is 3. The average molecular weight is 338 g/mol. The van der Waals surface area contributed by atoms with Crippen molar-refractivity contribution in [1.29, 1.82) is 0 Å². The molecule has 2 aromatic rings. The molecular formula is C22H30N2O. The van der Waals surface area contributed by atoms with Crippen molar-refractivity contribution < 1.29 is 4.74 Å². The minimum atomic E-state index is 0.319. The Morgan fingerprint density at radius 2 is 1.68 bits per heavy atom. The third-order valence-electron chi connectivity index (χ3n) is 5.24. The Hall–Kier alpha value is -1.84. The molecule has 0 saturated heterocycles. The third-order valence-corrected chi connectivity index (χ3v) is 5.24. The van der Waals surface area contributed by atoms with Gasteiger partial charge in [0.2, 0.25) is 0 Å². The molecule has 2 N–H and O–H groups in total. The molecule has 2 unspecified atom stereocenters.